The summed E-state index contributed by atoms with van der Waals surface area (Å²) in [6, 6.07) is 8.03. The van der Waals surface area contributed by atoms with E-state index in [0.29, 0.717) is 85.5 Å². The molecule has 2 N–H and O–H groups in total. The fraction of sp³-hybridized carbons (Fsp3) is 0.421. The predicted octanol–water partition coefficient (Wildman–Crippen LogP) is 3.97. The Morgan fingerprint density at radius 3 is 1.89 bits per heavy atom. The molecule has 0 spiro atoms. The molecule has 2 aromatic rings. The molecule has 0 fully saturated rings. The predicted molar refractivity (Wildman–Crippen MR) is 192 cm³/mol. The Morgan fingerprint density at radius 2 is 1.33 bits per heavy atom. The van der Waals surface area contributed by atoms with Gasteiger partial charge in [0.1, 0.15) is 26.8 Å². The minimum Gasteiger partial charge on any atom is -0.871 e. The molecule has 0 amide bonds. The monoisotopic (exact) mass is 782 g/mol. The third kappa shape index (κ3) is 7.92. The van der Waals surface area contributed by atoms with E-state index in [1.807, 2.05) is 9.48 Å². The number of benzene rings is 2. The zero-order valence-electron chi connectivity index (χ0n) is 30.4. The smallest absolute Gasteiger partial charge is 0.303 e. The summed E-state index contributed by atoms with van der Waals surface area (Å²) in [7, 11) is -9.58. The summed E-state index contributed by atoms with van der Waals surface area (Å²) >= 11 is 0. The van der Waals surface area contributed by atoms with Gasteiger partial charge in [-0.3, -0.25) is 14.4 Å². The average molecular weight is 783 g/mol. The number of anilines is 1. The Bertz CT molecular complexity index is 2280. The molecule has 1 aliphatic carbocycles. The summed E-state index contributed by atoms with van der Waals surface area (Å²) in [5, 5.41) is 31.9. The summed E-state index contributed by atoms with van der Waals surface area (Å²) < 4.78 is 73.4. The van der Waals surface area contributed by atoms with Gasteiger partial charge in [-0.2, -0.15) is 4.58 Å². The maximum Gasteiger partial charge on any atom is 0.303 e. The molecule has 0 saturated heterocycles. The Hall–Kier alpha value is -4.64. The third-order valence-electron chi connectivity index (χ3n) is 10.4. The molecule has 0 bridgehead atoms. The van der Waals surface area contributed by atoms with Crippen molar-refractivity contribution in [3.05, 3.63) is 82.3 Å². The van der Waals surface area contributed by atoms with Crippen LogP contribution in [0.3, 0.4) is 0 Å². The normalized spacial score (nSPS) is 19.1. The Labute approximate surface area is 314 Å². The highest BCUT2D eigenvalue weighted by Crippen LogP contribution is 2.50. The first-order chi connectivity index (χ1) is 25.1. The highest BCUT2D eigenvalue weighted by molar-refractivity contribution is 7.86. The number of Topliss-reactive ketones (excluding diaryl/α,β-unsaturated/α-hetero) is 1. The fourth-order valence-electron chi connectivity index (χ4n) is 7.44. The molecule has 0 unspecified atom stereocenters. The molecule has 14 nitrogen and oxygen atoms in total. The van der Waals surface area contributed by atoms with Crippen LogP contribution in [0.25, 0.3) is 0 Å². The summed E-state index contributed by atoms with van der Waals surface area (Å²) in [6.07, 6.45) is 6.02. The van der Waals surface area contributed by atoms with E-state index in [0.717, 1.165) is 0 Å². The van der Waals surface area contributed by atoms with Crippen LogP contribution < -0.4 is 10.0 Å². The van der Waals surface area contributed by atoms with E-state index in [1.165, 1.54) is 48.6 Å². The molecule has 5 rings (SSSR count). The Morgan fingerprint density at radius 1 is 0.778 bits per heavy atom. The number of fused-ring (bicyclic) bond motifs is 2. The molecule has 2 aromatic carbocycles. The highest BCUT2D eigenvalue weighted by atomic mass is 32.2. The van der Waals surface area contributed by atoms with Crippen LogP contribution >= 0.6 is 0 Å². The summed E-state index contributed by atoms with van der Waals surface area (Å²) in [5.41, 5.74) is 1.09. The number of unbranched alkanes of at least 4 members (excludes halogenated alkanes) is 4. The van der Waals surface area contributed by atoms with E-state index in [2.05, 4.69) is 0 Å². The molecule has 290 valence electrons. The number of ketones is 1. The van der Waals surface area contributed by atoms with Gasteiger partial charge < -0.3 is 29.3 Å². The van der Waals surface area contributed by atoms with E-state index < -0.39 is 64.3 Å². The molecule has 16 heteroatoms. The van der Waals surface area contributed by atoms with Crippen molar-refractivity contribution in [3.63, 3.8) is 0 Å². The van der Waals surface area contributed by atoms with E-state index in [9.17, 15) is 45.4 Å². The number of hydrogen-bond acceptors (Lipinski definition) is 11. The first kappa shape index (κ1) is 40.5. The second-order valence-electron chi connectivity index (χ2n) is 14.8. The SMILES string of the molecule is CC1(C)C(C=C2C(=O)C(/C=C3/N(CCCCCC(=O)O)c4ccc(S(=O)(=O)[O-])cc4C3(C)C)=C2[O-])=[N+](CCCCCC(=O)O)c2ccc(S(=O)(=O)[O-])cc21. The maximum absolute atomic E-state index is 13.9. The van der Waals surface area contributed by atoms with Crippen molar-refractivity contribution in [3.8, 4) is 0 Å². The second kappa shape index (κ2) is 14.9. The number of carbonyl (C=O) groups excluding carboxylic acids is 1. The molecule has 0 saturated carbocycles. The quantitative estimate of drug-likeness (QED) is 0.106. The van der Waals surface area contributed by atoms with Crippen LogP contribution in [0.2, 0.25) is 0 Å². The molecule has 0 radical (unpaired) electrons. The van der Waals surface area contributed by atoms with Gasteiger partial charge >= 0.3 is 11.9 Å². The number of nitrogens with zero attached hydrogens (tertiary/aromatic N) is 2. The van der Waals surface area contributed by atoms with Crippen LogP contribution in [0.1, 0.15) is 90.2 Å². The number of hydrogen-bond donors (Lipinski definition) is 2. The van der Waals surface area contributed by atoms with Crippen molar-refractivity contribution in [2.24, 2.45) is 0 Å². The molecule has 54 heavy (non-hydrogen) atoms. The lowest BCUT2D eigenvalue weighted by atomic mass is 9.77. The first-order valence-electron chi connectivity index (χ1n) is 17.5. The molecular formula is C38H42N2O12S2-2. The number of carbonyl (C=O) groups is 3. The van der Waals surface area contributed by atoms with Crippen LogP contribution in [0.4, 0.5) is 11.4 Å². The first-order valence-corrected chi connectivity index (χ1v) is 20.4. The van der Waals surface area contributed by atoms with Gasteiger partial charge in [0.25, 0.3) is 0 Å². The number of aliphatic carboxylic acids is 2. The third-order valence-corrected chi connectivity index (χ3v) is 12.1. The standard InChI is InChI=1S/C38H44N2O12S2/c1-37(2)27-19-23(53(47,48)49)13-15-29(27)39(17-9-5-7-11-33(41)42)31(37)21-25-35(45)26(36(25)46)22-32-38(3,4)28-20-24(54(50,51)52)14-16-30(28)40(32)18-10-6-8-12-34(43)44/h13-16,19-22H,5-12,17-18H2,1-4H3,(H4-,41,42,43,44,45,46,47,48,49,50,51,52)/p-2. The zero-order chi connectivity index (χ0) is 40.0. The van der Waals surface area contributed by atoms with Gasteiger partial charge in [-0.25, -0.2) is 16.8 Å². The van der Waals surface area contributed by atoms with Crippen LogP contribution in [0.15, 0.2) is 80.9 Å². The van der Waals surface area contributed by atoms with Crippen LogP contribution in [0.5, 0.6) is 0 Å². The molecule has 0 aromatic heterocycles. The molecule has 2 aliphatic heterocycles. The molecule has 3 aliphatic rings. The summed E-state index contributed by atoms with van der Waals surface area (Å²) in [4.78, 5) is 36.9. The summed E-state index contributed by atoms with van der Waals surface area (Å²) in [6.45, 7) is 7.85. The van der Waals surface area contributed by atoms with E-state index in [4.69, 9.17) is 10.2 Å². The molecule has 2 heterocycles. The average Bonchev–Trinajstić information content (AvgIpc) is 3.41. The van der Waals surface area contributed by atoms with Crippen molar-refractivity contribution in [2.75, 3.05) is 18.0 Å². The van der Waals surface area contributed by atoms with Crippen LogP contribution in [0, 0.1) is 0 Å². The summed E-state index contributed by atoms with van der Waals surface area (Å²) in [5.74, 6) is -2.93. The Balaban J connectivity index is 1.55. The van der Waals surface area contributed by atoms with Crippen molar-refractivity contribution < 1.29 is 60.2 Å². The lowest BCUT2D eigenvalue weighted by Crippen LogP contribution is -2.35. The van der Waals surface area contributed by atoms with Gasteiger partial charge in [0.15, 0.2) is 11.5 Å². The van der Waals surface area contributed by atoms with Gasteiger partial charge in [0.2, 0.25) is 5.69 Å². The molecular weight excluding hydrogens is 741 g/mol. The number of allylic oxidation sites excluding steroid dienone is 5. The number of carboxylic acids is 2. The van der Waals surface area contributed by atoms with Crippen molar-refractivity contribution >= 4 is 55.0 Å². The minimum atomic E-state index is -4.79. The maximum atomic E-state index is 13.9. The van der Waals surface area contributed by atoms with E-state index in [-0.39, 0.29) is 24.0 Å². The van der Waals surface area contributed by atoms with E-state index >= 15 is 0 Å². The highest BCUT2D eigenvalue weighted by Gasteiger charge is 2.46. The fourth-order valence-corrected chi connectivity index (χ4v) is 8.43. The van der Waals surface area contributed by atoms with Gasteiger partial charge in [-0.15, -0.1) is 0 Å². The van der Waals surface area contributed by atoms with Crippen molar-refractivity contribution in [1.29, 1.82) is 0 Å². The minimum absolute atomic E-state index is 0.00646. The van der Waals surface area contributed by atoms with Crippen LogP contribution in [-0.2, 0) is 45.4 Å². The van der Waals surface area contributed by atoms with E-state index in [1.54, 1.807) is 27.7 Å². The Kier molecular flexibility index (Phi) is 11.2. The lowest BCUT2D eigenvalue weighted by molar-refractivity contribution is -0.438. The topological polar surface area (TPSA) is 235 Å². The second-order valence-corrected chi connectivity index (χ2v) is 17.5. The van der Waals surface area contributed by atoms with Crippen molar-refractivity contribution in [2.45, 2.75) is 99.7 Å². The largest absolute Gasteiger partial charge is 0.871 e. The van der Waals surface area contributed by atoms with Crippen LogP contribution in [-0.4, -0.2) is 77.3 Å². The van der Waals surface area contributed by atoms with Gasteiger partial charge in [-0.1, -0.05) is 26.0 Å². The number of carboxylic acid groups (broad SMARTS) is 2. The number of rotatable bonds is 16. The van der Waals surface area contributed by atoms with Gasteiger partial charge in [0, 0.05) is 71.5 Å². The molecule has 0 atom stereocenters. The lowest BCUT2D eigenvalue weighted by Gasteiger charge is -2.33. The van der Waals surface area contributed by atoms with Gasteiger partial charge in [-0.05, 0) is 81.5 Å². The zero-order valence-corrected chi connectivity index (χ0v) is 32.0. The van der Waals surface area contributed by atoms with Crippen molar-refractivity contribution in [1.82, 2.24) is 0 Å². The van der Waals surface area contributed by atoms with Gasteiger partial charge in [0.05, 0.1) is 15.2 Å².